The first-order chi connectivity index (χ1) is 8.09. The lowest BCUT2D eigenvalue weighted by molar-refractivity contribution is -0.148. The predicted octanol–water partition coefficient (Wildman–Crippen LogP) is 0.879. The maximum absolute atomic E-state index is 12.1. The van der Waals surface area contributed by atoms with Crippen LogP contribution < -0.4 is 0 Å². The summed E-state index contributed by atoms with van der Waals surface area (Å²) in [6.45, 7) is 1.29. The molecule has 2 rings (SSSR count). The lowest BCUT2D eigenvalue weighted by atomic mass is 10.0. The van der Waals surface area contributed by atoms with E-state index in [-0.39, 0.29) is 18.4 Å². The summed E-state index contributed by atoms with van der Waals surface area (Å²) in [5.41, 5.74) is -0.753. The molecule has 2 aliphatic rings. The van der Waals surface area contributed by atoms with Crippen molar-refractivity contribution in [1.29, 1.82) is 0 Å². The summed E-state index contributed by atoms with van der Waals surface area (Å²) in [5, 5.41) is 9.07. The summed E-state index contributed by atoms with van der Waals surface area (Å²) in [5.74, 6) is -0.849. The van der Waals surface area contributed by atoms with Crippen LogP contribution in [0.1, 0.15) is 32.1 Å². The Hall–Kier alpha value is -1.10. The second-order valence-corrected chi connectivity index (χ2v) is 5.10. The number of rotatable bonds is 5. The SMILES string of the molecule is COCC1CCCN1C(=O)CC1(C(=O)O)CC1. The molecule has 5 nitrogen and oxygen atoms in total. The molecule has 96 valence electrons. The zero-order chi connectivity index (χ0) is 12.5. The number of amides is 1. The summed E-state index contributed by atoms with van der Waals surface area (Å²) < 4.78 is 5.09. The third-order valence-electron chi connectivity index (χ3n) is 3.85. The van der Waals surface area contributed by atoms with Crippen LogP contribution >= 0.6 is 0 Å². The fraction of sp³-hybridized carbons (Fsp3) is 0.833. The molecule has 0 spiro atoms. The molecule has 17 heavy (non-hydrogen) atoms. The Kier molecular flexibility index (Phi) is 3.38. The van der Waals surface area contributed by atoms with Crippen molar-refractivity contribution < 1.29 is 19.4 Å². The van der Waals surface area contributed by atoms with E-state index >= 15 is 0 Å². The third kappa shape index (κ3) is 2.44. The first-order valence-corrected chi connectivity index (χ1v) is 6.11. The van der Waals surface area contributed by atoms with Gasteiger partial charge in [-0.1, -0.05) is 0 Å². The van der Waals surface area contributed by atoms with E-state index in [9.17, 15) is 9.59 Å². The number of carboxylic acids is 1. The number of hydrogen-bond donors (Lipinski definition) is 1. The van der Waals surface area contributed by atoms with E-state index in [1.165, 1.54) is 0 Å². The van der Waals surface area contributed by atoms with Crippen LogP contribution in [0.2, 0.25) is 0 Å². The fourth-order valence-corrected chi connectivity index (χ4v) is 2.54. The monoisotopic (exact) mass is 241 g/mol. The van der Waals surface area contributed by atoms with Crippen LogP contribution in [0.25, 0.3) is 0 Å². The summed E-state index contributed by atoms with van der Waals surface area (Å²) in [6, 6.07) is 0.136. The van der Waals surface area contributed by atoms with Crippen molar-refractivity contribution in [3.05, 3.63) is 0 Å². The molecule has 1 atom stereocenters. The third-order valence-corrected chi connectivity index (χ3v) is 3.85. The second kappa shape index (κ2) is 4.64. The molecule has 0 aromatic heterocycles. The summed E-state index contributed by atoms with van der Waals surface area (Å²) in [6.07, 6.45) is 3.37. The first kappa shape index (κ1) is 12.4. The molecular weight excluding hydrogens is 222 g/mol. The first-order valence-electron chi connectivity index (χ1n) is 6.11. The number of carbonyl (C=O) groups is 2. The topological polar surface area (TPSA) is 66.8 Å². The van der Waals surface area contributed by atoms with Crippen LogP contribution in [0.4, 0.5) is 0 Å². The van der Waals surface area contributed by atoms with E-state index in [1.807, 2.05) is 0 Å². The highest BCUT2D eigenvalue weighted by molar-refractivity contribution is 5.87. The van der Waals surface area contributed by atoms with E-state index in [4.69, 9.17) is 9.84 Å². The van der Waals surface area contributed by atoms with Crippen LogP contribution in [-0.2, 0) is 14.3 Å². The van der Waals surface area contributed by atoms with Gasteiger partial charge < -0.3 is 14.7 Å². The molecule has 0 aromatic carbocycles. The van der Waals surface area contributed by atoms with Gasteiger partial charge in [-0.05, 0) is 25.7 Å². The predicted molar refractivity (Wildman–Crippen MR) is 60.5 cm³/mol. The van der Waals surface area contributed by atoms with Crippen molar-refractivity contribution in [3.63, 3.8) is 0 Å². The molecule has 1 unspecified atom stereocenters. The molecule has 1 saturated carbocycles. The number of nitrogens with zero attached hydrogens (tertiary/aromatic N) is 1. The van der Waals surface area contributed by atoms with E-state index in [0.717, 1.165) is 19.4 Å². The van der Waals surface area contributed by atoms with Gasteiger partial charge in [-0.3, -0.25) is 9.59 Å². The molecule has 1 aliphatic carbocycles. The van der Waals surface area contributed by atoms with Gasteiger partial charge >= 0.3 is 5.97 Å². The van der Waals surface area contributed by atoms with Gasteiger partial charge in [0, 0.05) is 20.1 Å². The molecule has 1 heterocycles. The number of carboxylic acid groups (broad SMARTS) is 1. The fourth-order valence-electron chi connectivity index (χ4n) is 2.54. The van der Waals surface area contributed by atoms with Gasteiger partial charge in [0.1, 0.15) is 0 Å². The second-order valence-electron chi connectivity index (χ2n) is 5.10. The van der Waals surface area contributed by atoms with Crippen molar-refractivity contribution >= 4 is 11.9 Å². The van der Waals surface area contributed by atoms with Crippen molar-refractivity contribution in [3.8, 4) is 0 Å². The Morgan fingerprint density at radius 3 is 2.71 bits per heavy atom. The molecule has 0 bridgehead atoms. The maximum atomic E-state index is 12.1. The molecule has 0 aromatic rings. The number of methoxy groups -OCH3 is 1. The standard InChI is InChI=1S/C12H19NO4/c1-17-8-9-3-2-6-13(9)10(14)7-12(4-5-12)11(15)16/h9H,2-8H2,1H3,(H,15,16). The van der Waals surface area contributed by atoms with E-state index in [1.54, 1.807) is 12.0 Å². The van der Waals surface area contributed by atoms with Gasteiger partial charge in [0.25, 0.3) is 0 Å². The molecule has 1 N–H and O–H groups in total. The Morgan fingerprint density at radius 1 is 1.47 bits per heavy atom. The normalized spacial score (nSPS) is 25.9. The molecule has 1 aliphatic heterocycles. The number of ether oxygens (including phenoxy) is 1. The quantitative estimate of drug-likeness (QED) is 0.776. The van der Waals surface area contributed by atoms with Crippen molar-refractivity contribution in [1.82, 2.24) is 4.90 Å². The molecule has 2 fully saturated rings. The lowest BCUT2D eigenvalue weighted by Crippen LogP contribution is -2.40. The average molecular weight is 241 g/mol. The Balaban J connectivity index is 1.93. The summed E-state index contributed by atoms with van der Waals surface area (Å²) in [7, 11) is 1.63. The Morgan fingerprint density at radius 2 is 2.18 bits per heavy atom. The van der Waals surface area contributed by atoms with E-state index in [0.29, 0.717) is 19.4 Å². The van der Waals surface area contributed by atoms with Crippen LogP contribution in [0, 0.1) is 5.41 Å². The highest BCUT2D eigenvalue weighted by Gasteiger charge is 2.52. The Labute approximate surface area is 101 Å². The number of aliphatic carboxylic acids is 1. The summed E-state index contributed by atoms with van der Waals surface area (Å²) in [4.78, 5) is 24.9. The Bertz CT molecular complexity index is 324. The minimum atomic E-state index is -0.826. The molecular formula is C12H19NO4. The van der Waals surface area contributed by atoms with Gasteiger partial charge in [-0.15, -0.1) is 0 Å². The minimum Gasteiger partial charge on any atom is -0.481 e. The van der Waals surface area contributed by atoms with Gasteiger partial charge in [-0.2, -0.15) is 0 Å². The average Bonchev–Trinajstić information content (AvgIpc) is 2.90. The van der Waals surface area contributed by atoms with Gasteiger partial charge in [0.15, 0.2) is 0 Å². The van der Waals surface area contributed by atoms with Gasteiger partial charge in [0.05, 0.1) is 18.1 Å². The van der Waals surface area contributed by atoms with Crippen LogP contribution in [0.5, 0.6) is 0 Å². The molecule has 0 radical (unpaired) electrons. The van der Waals surface area contributed by atoms with Crippen molar-refractivity contribution in [2.75, 3.05) is 20.3 Å². The number of hydrogen-bond acceptors (Lipinski definition) is 3. The minimum absolute atomic E-state index is 0.0237. The van der Waals surface area contributed by atoms with E-state index in [2.05, 4.69) is 0 Å². The van der Waals surface area contributed by atoms with Crippen molar-refractivity contribution in [2.45, 2.75) is 38.1 Å². The number of carbonyl (C=O) groups excluding carboxylic acids is 1. The maximum Gasteiger partial charge on any atom is 0.310 e. The molecule has 5 heteroatoms. The van der Waals surface area contributed by atoms with Crippen LogP contribution in [0.3, 0.4) is 0 Å². The van der Waals surface area contributed by atoms with Gasteiger partial charge in [0.2, 0.25) is 5.91 Å². The zero-order valence-electron chi connectivity index (χ0n) is 10.1. The largest absolute Gasteiger partial charge is 0.481 e. The zero-order valence-corrected chi connectivity index (χ0v) is 10.1. The molecule has 1 amide bonds. The number of likely N-dealkylation sites (tertiary alicyclic amines) is 1. The van der Waals surface area contributed by atoms with E-state index < -0.39 is 11.4 Å². The highest BCUT2D eigenvalue weighted by atomic mass is 16.5. The van der Waals surface area contributed by atoms with Crippen LogP contribution in [-0.4, -0.2) is 48.2 Å². The van der Waals surface area contributed by atoms with Crippen molar-refractivity contribution in [2.24, 2.45) is 5.41 Å². The smallest absolute Gasteiger partial charge is 0.310 e. The van der Waals surface area contributed by atoms with Gasteiger partial charge in [-0.25, -0.2) is 0 Å². The van der Waals surface area contributed by atoms with Crippen LogP contribution in [0.15, 0.2) is 0 Å². The highest BCUT2D eigenvalue weighted by Crippen LogP contribution is 2.49. The lowest BCUT2D eigenvalue weighted by Gasteiger charge is -2.25. The summed E-state index contributed by atoms with van der Waals surface area (Å²) >= 11 is 0. The molecule has 1 saturated heterocycles.